The predicted octanol–water partition coefficient (Wildman–Crippen LogP) is 5.33. The Labute approximate surface area is 153 Å². The van der Waals surface area contributed by atoms with Gasteiger partial charge in [0, 0.05) is 5.38 Å². The fourth-order valence-corrected chi connectivity index (χ4v) is 3.64. The van der Waals surface area contributed by atoms with E-state index in [0.29, 0.717) is 15.5 Å². The molecule has 0 aliphatic rings. The van der Waals surface area contributed by atoms with Crippen LogP contribution in [0.3, 0.4) is 0 Å². The van der Waals surface area contributed by atoms with Gasteiger partial charge in [-0.05, 0) is 24.6 Å². The average molecular weight is 372 g/mol. The molecular formula is C19H14ClNO3S. The molecule has 3 rings (SSSR count). The molecule has 0 saturated heterocycles. The van der Waals surface area contributed by atoms with Crippen LogP contribution in [0.4, 0.5) is 5.69 Å². The minimum atomic E-state index is -1.09. The van der Waals surface area contributed by atoms with Gasteiger partial charge < -0.3 is 10.4 Å². The van der Waals surface area contributed by atoms with Crippen LogP contribution in [0.2, 0.25) is 5.02 Å². The van der Waals surface area contributed by atoms with Gasteiger partial charge in [-0.1, -0.05) is 53.6 Å². The molecular weight excluding hydrogens is 358 g/mol. The molecule has 0 atom stereocenters. The molecule has 25 heavy (non-hydrogen) atoms. The Morgan fingerprint density at radius 3 is 2.40 bits per heavy atom. The van der Waals surface area contributed by atoms with Gasteiger partial charge in [-0.2, -0.15) is 0 Å². The van der Waals surface area contributed by atoms with Crippen molar-refractivity contribution < 1.29 is 14.7 Å². The lowest BCUT2D eigenvalue weighted by Crippen LogP contribution is -2.14. The van der Waals surface area contributed by atoms with Crippen LogP contribution in [-0.4, -0.2) is 17.0 Å². The second-order valence-corrected chi connectivity index (χ2v) is 6.75. The molecule has 2 N–H and O–H groups in total. The number of carbonyl (C=O) groups excluding carboxylic acids is 1. The molecule has 4 nitrogen and oxygen atoms in total. The summed E-state index contributed by atoms with van der Waals surface area (Å²) in [5, 5.41) is 14.2. The standard InChI is InChI=1S/C19H14ClNO3S/c1-11-6-8-12(9-7-11)17-16(19(23)24)15(10-25-17)21-18(22)13-4-2-3-5-14(13)20/h2-10H,1H3,(H,21,22)(H,23,24). The Morgan fingerprint density at radius 2 is 1.76 bits per heavy atom. The topological polar surface area (TPSA) is 66.4 Å². The summed E-state index contributed by atoms with van der Waals surface area (Å²) in [6, 6.07) is 14.2. The fraction of sp³-hybridized carbons (Fsp3) is 0.0526. The summed E-state index contributed by atoms with van der Waals surface area (Å²) in [5.74, 6) is -1.53. The minimum absolute atomic E-state index is 0.0780. The van der Waals surface area contributed by atoms with Crippen molar-refractivity contribution in [1.29, 1.82) is 0 Å². The van der Waals surface area contributed by atoms with E-state index in [-0.39, 0.29) is 11.3 Å². The number of amides is 1. The number of aromatic carboxylic acids is 1. The van der Waals surface area contributed by atoms with Crippen molar-refractivity contribution in [2.24, 2.45) is 0 Å². The number of anilines is 1. The maximum atomic E-state index is 12.4. The summed E-state index contributed by atoms with van der Waals surface area (Å²) in [5.41, 5.74) is 2.52. The zero-order valence-corrected chi connectivity index (χ0v) is 14.8. The SMILES string of the molecule is Cc1ccc(-c2scc(NC(=O)c3ccccc3Cl)c2C(=O)O)cc1. The molecule has 1 amide bonds. The van der Waals surface area contributed by atoms with E-state index in [1.54, 1.807) is 29.6 Å². The molecule has 1 heterocycles. The molecule has 0 aliphatic heterocycles. The maximum Gasteiger partial charge on any atom is 0.339 e. The molecule has 2 aromatic carbocycles. The lowest BCUT2D eigenvalue weighted by Gasteiger charge is -2.07. The number of carbonyl (C=O) groups is 2. The molecule has 3 aromatic rings. The van der Waals surface area contributed by atoms with E-state index in [0.717, 1.165) is 11.1 Å². The highest BCUT2D eigenvalue weighted by molar-refractivity contribution is 7.14. The monoisotopic (exact) mass is 371 g/mol. The second-order valence-electron chi connectivity index (χ2n) is 5.46. The summed E-state index contributed by atoms with van der Waals surface area (Å²) in [6.45, 7) is 1.96. The van der Waals surface area contributed by atoms with Crippen LogP contribution in [0.25, 0.3) is 10.4 Å². The lowest BCUT2D eigenvalue weighted by molar-refractivity contribution is 0.0699. The van der Waals surface area contributed by atoms with Crippen LogP contribution < -0.4 is 5.32 Å². The van der Waals surface area contributed by atoms with Gasteiger partial charge in [0.2, 0.25) is 0 Å². The van der Waals surface area contributed by atoms with Gasteiger partial charge in [0.1, 0.15) is 5.56 Å². The van der Waals surface area contributed by atoms with Crippen molar-refractivity contribution in [2.75, 3.05) is 5.32 Å². The Balaban J connectivity index is 1.98. The fourth-order valence-electron chi connectivity index (χ4n) is 2.41. The van der Waals surface area contributed by atoms with E-state index in [1.165, 1.54) is 11.3 Å². The number of hydrogen-bond donors (Lipinski definition) is 2. The largest absolute Gasteiger partial charge is 0.478 e. The van der Waals surface area contributed by atoms with Gasteiger partial charge in [0.15, 0.2) is 0 Å². The number of hydrogen-bond acceptors (Lipinski definition) is 3. The van der Waals surface area contributed by atoms with Crippen LogP contribution >= 0.6 is 22.9 Å². The lowest BCUT2D eigenvalue weighted by atomic mass is 10.1. The number of carboxylic acids is 1. The molecule has 6 heteroatoms. The van der Waals surface area contributed by atoms with E-state index in [4.69, 9.17) is 11.6 Å². The number of benzene rings is 2. The summed E-state index contributed by atoms with van der Waals surface area (Å²) >= 11 is 7.31. The van der Waals surface area contributed by atoms with Gasteiger partial charge >= 0.3 is 5.97 Å². The number of nitrogens with one attached hydrogen (secondary N) is 1. The highest BCUT2D eigenvalue weighted by Gasteiger charge is 2.22. The van der Waals surface area contributed by atoms with Crippen LogP contribution in [-0.2, 0) is 0 Å². The van der Waals surface area contributed by atoms with Crippen molar-refractivity contribution in [3.8, 4) is 10.4 Å². The zero-order chi connectivity index (χ0) is 18.0. The number of aryl methyl sites for hydroxylation is 1. The molecule has 0 spiro atoms. The normalized spacial score (nSPS) is 10.5. The van der Waals surface area contributed by atoms with Crippen LogP contribution in [0.1, 0.15) is 26.3 Å². The van der Waals surface area contributed by atoms with Crippen LogP contribution in [0.15, 0.2) is 53.9 Å². The van der Waals surface area contributed by atoms with E-state index in [9.17, 15) is 14.7 Å². The number of carboxylic acid groups (broad SMARTS) is 1. The molecule has 0 bridgehead atoms. The Kier molecular flexibility index (Phi) is 4.88. The first-order valence-electron chi connectivity index (χ1n) is 7.45. The summed E-state index contributed by atoms with van der Waals surface area (Å²) in [4.78, 5) is 24.8. The Morgan fingerprint density at radius 1 is 1.08 bits per heavy atom. The predicted molar refractivity (Wildman–Crippen MR) is 101 cm³/mol. The Bertz CT molecular complexity index is 948. The van der Waals surface area contributed by atoms with Crippen molar-refractivity contribution in [3.05, 3.63) is 75.6 Å². The highest BCUT2D eigenvalue weighted by atomic mass is 35.5. The molecule has 0 saturated carbocycles. The van der Waals surface area contributed by atoms with Crippen LogP contribution in [0.5, 0.6) is 0 Å². The molecule has 126 valence electrons. The second kappa shape index (κ2) is 7.09. The molecule has 0 unspecified atom stereocenters. The quantitative estimate of drug-likeness (QED) is 0.651. The van der Waals surface area contributed by atoms with E-state index >= 15 is 0 Å². The first-order valence-corrected chi connectivity index (χ1v) is 8.71. The van der Waals surface area contributed by atoms with Gasteiger partial charge in [-0.25, -0.2) is 4.79 Å². The Hall–Kier alpha value is -2.63. The maximum absolute atomic E-state index is 12.4. The number of thiophene rings is 1. The molecule has 1 aromatic heterocycles. The summed E-state index contributed by atoms with van der Waals surface area (Å²) < 4.78 is 0. The van der Waals surface area contributed by atoms with Gasteiger partial charge in [0.05, 0.1) is 21.2 Å². The molecule has 0 fully saturated rings. The number of rotatable bonds is 4. The van der Waals surface area contributed by atoms with Crippen molar-refractivity contribution in [1.82, 2.24) is 0 Å². The first-order chi connectivity index (χ1) is 12.0. The van der Waals surface area contributed by atoms with Gasteiger partial charge in [-0.15, -0.1) is 11.3 Å². The molecule has 0 radical (unpaired) electrons. The zero-order valence-electron chi connectivity index (χ0n) is 13.2. The van der Waals surface area contributed by atoms with Crippen molar-refractivity contribution in [2.45, 2.75) is 6.92 Å². The van der Waals surface area contributed by atoms with Crippen molar-refractivity contribution in [3.63, 3.8) is 0 Å². The van der Waals surface area contributed by atoms with Crippen LogP contribution in [0, 0.1) is 6.92 Å². The van der Waals surface area contributed by atoms with Gasteiger partial charge in [-0.3, -0.25) is 4.79 Å². The first kappa shape index (κ1) is 17.2. The smallest absolute Gasteiger partial charge is 0.339 e. The van der Waals surface area contributed by atoms with E-state index in [1.807, 2.05) is 31.2 Å². The van der Waals surface area contributed by atoms with Gasteiger partial charge in [0.25, 0.3) is 5.91 Å². The summed E-state index contributed by atoms with van der Waals surface area (Å²) in [6.07, 6.45) is 0. The third kappa shape index (κ3) is 3.57. The summed E-state index contributed by atoms with van der Waals surface area (Å²) in [7, 11) is 0. The van der Waals surface area contributed by atoms with Crippen molar-refractivity contribution >= 4 is 40.5 Å². The van der Waals surface area contributed by atoms with E-state index in [2.05, 4.69) is 5.32 Å². The minimum Gasteiger partial charge on any atom is -0.478 e. The van der Waals surface area contributed by atoms with E-state index < -0.39 is 11.9 Å². The third-order valence-electron chi connectivity index (χ3n) is 3.69. The highest BCUT2D eigenvalue weighted by Crippen LogP contribution is 2.36. The molecule has 0 aliphatic carbocycles. The third-order valence-corrected chi connectivity index (χ3v) is 5.04. The number of halogens is 1. The average Bonchev–Trinajstić information content (AvgIpc) is 2.99.